The van der Waals surface area contributed by atoms with Crippen LogP contribution in [0.2, 0.25) is 5.02 Å². The number of nitrogens with zero attached hydrogens (tertiary/aromatic N) is 1. The minimum absolute atomic E-state index is 0.197. The van der Waals surface area contributed by atoms with Gasteiger partial charge in [0.05, 0.1) is 0 Å². The van der Waals surface area contributed by atoms with Gasteiger partial charge in [0, 0.05) is 43.9 Å². The van der Waals surface area contributed by atoms with Crippen molar-refractivity contribution in [1.82, 2.24) is 4.90 Å². The highest BCUT2D eigenvalue weighted by atomic mass is 35.5. The Morgan fingerprint density at radius 1 is 1.11 bits per heavy atom. The van der Waals surface area contributed by atoms with Gasteiger partial charge in [-0.2, -0.15) is 0 Å². The fourth-order valence-electron chi connectivity index (χ4n) is 4.90. The number of carbonyl (C=O) groups is 1. The number of rotatable bonds is 3. The normalized spacial score (nSPS) is 28.4. The maximum atomic E-state index is 11.9. The van der Waals surface area contributed by atoms with E-state index in [0.717, 1.165) is 49.4 Å². The van der Waals surface area contributed by atoms with Gasteiger partial charge >= 0.3 is 5.97 Å². The third-order valence-electron chi connectivity index (χ3n) is 6.17. The first kappa shape index (κ1) is 18.5. The number of ether oxygens (including phenoxy) is 1. The predicted molar refractivity (Wildman–Crippen MR) is 108 cm³/mol. The Morgan fingerprint density at radius 3 is 2.59 bits per heavy atom. The molecular weight excluding hydrogens is 358 g/mol. The second kappa shape index (κ2) is 7.65. The van der Waals surface area contributed by atoms with Crippen LogP contribution in [0.5, 0.6) is 0 Å². The van der Waals surface area contributed by atoms with Crippen LogP contribution < -0.4 is 0 Å². The molecule has 2 heterocycles. The van der Waals surface area contributed by atoms with E-state index in [1.54, 1.807) is 0 Å². The molecule has 2 aliphatic heterocycles. The Morgan fingerprint density at radius 2 is 1.85 bits per heavy atom. The summed E-state index contributed by atoms with van der Waals surface area (Å²) in [5, 5.41) is 0.872. The maximum Gasteiger partial charge on any atom is 0.303 e. The highest BCUT2D eigenvalue weighted by Gasteiger charge is 2.45. The van der Waals surface area contributed by atoms with E-state index >= 15 is 0 Å². The minimum atomic E-state index is -0.495. The lowest BCUT2D eigenvalue weighted by Crippen LogP contribution is -2.53. The van der Waals surface area contributed by atoms with E-state index in [1.165, 1.54) is 12.5 Å². The lowest BCUT2D eigenvalue weighted by Gasteiger charge is -2.49. The minimum Gasteiger partial charge on any atom is -0.454 e. The van der Waals surface area contributed by atoms with Gasteiger partial charge in [0.25, 0.3) is 0 Å². The summed E-state index contributed by atoms with van der Waals surface area (Å²) in [4.78, 5) is 14.4. The highest BCUT2D eigenvalue weighted by molar-refractivity contribution is 6.31. The van der Waals surface area contributed by atoms with E-state index in [-0.39, 0.29) is 5.97 Å². The van der Waals surface area contributed by atoms with E-state index in [4.69, 9.17) is 16.3 Å². The summed E-state index contributed by atoms with van der Waals surface area (Å²) in [6.07, 6.45) is 3.93. The van der Waals surface area contributed by atoms with Crippen LogP contribution in [0.4, 0.5) is 0 Å². The average molecular weight is 384 g/mol. The zero-order valence-electron chi connectivity index (χ0n) is 15.7. The van der Waals surface area contributed by atoms with Gasteiger partial charge in [-0.25, -0.2) is 0 Å². The molecule has 4 rings (SSSR count). The molecule has 0 spiro atoms. The van der Waals surface area contributed by atoms with Crippen LogP contribution in [-0.2, 0) is 15.1 Å². The Kier molecular flexibility index (Phi) is 5.25. The van der Waals surface area contributed by atoms with Gasteiger partial charge in [0.2, 0.25) is 0 Å². The van der Waals surface area contributed by atoms with Crippen LogP contribution in [0.25, 0.3) is 0 Å². The van der Waals surface area contributed by atoms with Gasteiger partial charge in [0.15, 0.2) is 0 Å². The highest BCUT2D eigenvalue weighted by Crippen LogP contribution is 2.44. The third-order valence-corrected chi connectivity index (χ3v) is 6.52. The Bertz CT molecular complexity index is 809. The van der Waals surface area contributed by atoms with Crippen LogP contribution >= 0.6 is 11.6 Å². The molecule has 0 aliphatic carbocycles. The molecule has 2 fully saturated rings. The summed E-state index contributed by atoms with van der Waals surface area (Å²) in [5.41, 5.74) is 1.89. The van der Waals surface area contributed by atoms with Gasteiger partial charge in [0.1, 0.15) is 5.60 Å². The van der Waals surface area contributed by atoms with Crippen molar-refractivity contribution in [3.05, 3.63) is 70.7 Å². The van der Waals surface area contributed by atoms with E-state index in [1.807, 2.05) is 30.3 Å². The lowest BCUT2D eigenvalue weighted by molar-refractivity contribution is -0.168. The topological polar surface area (TPSA) is 29.5 Å². The summed E-state index contributed by atoms with van der Waals surface area (Å²) in [7, 11) is 0. The number of hydrogen-bond acceptors (Lipinski definition) is 3. The van der Waals surface area contributed by atoms with E-state index in [2.05, 4.69) is 29.2 Å². The van der Waals surface area contributed by atoms with E-state index in [9.17, 15) is 4.79 Å². The molecule has 27 heavy (non-hydrogen) atoms. The van der Waals surface area contributed by atoms with E-state index in [0.29, 0.717) is 12.0 Å². The van der Waals surface area contributed by atoms with Crippen molar-refractivity contribution in [2.24, 2.45) is 0 Å². The fraction of sp³-hybridized carbons (Fsp3) is 0.435. The van der Waals surface area contributed by atoms with Crippen molar-refractivity contribution in [2.75, 3.05) is 13.1 Å². The number of carbonyl (C=O) groups excluding carboxylic acids is 1. The monoisotopic (exact) mass is 383 g/mol. The zero-order chi connectivity index (χ0) is 18.9. The summed E-state index contributed by atoms with van der Waals surface area (Å²) in [6.45, 7) is 3.48. The van der Waals surface area contributed by atoms with Crippen molar-refractivity contribution in [2.45, 2.75) is 50.2 Å². The van der Waals surface area contributed by atoms with Crippen molar-refractivity contribution in [3.8, 4) is 0 Å². The third kappa shape index (κ3) is 3.76. The molecule has 4 heteroatoms. The number of esters is 1. The van der Waals surface area contributed by atoms with Crippen LogP contribution in [0, 0.1) is 0 Å². The second-order valence-electron chi connectivity index (χ2n) is 7.85. The average Bonchev–Trinajstić information content (AvgIpc) is 2.68. The summed E-state index contributed by atoms with van der Waals surface area (Å²) in [5.74, 6) is 0.282. The van der Waals surface area contributed by atoms with Gasteiger partial charge < -0.3 is 4.74 Å². The van der Waals surface area contributed by atoms with Crippen LogP contribution in [0.15, 0.2) is 54.6 Å². The van der Waals surface area contributed by atoms with Crippen molar-refractivity contribution >= 4 is 17.6 Å². The molecule has 0 radical (unpaired) electrons. The zero-order valence-corrected chi connectivity index (χ0v) is 16.5. The van der Waals surface area contributed by atoms with Gasteiger partial charge in [-0.05, 0) is 36.0 Å². The Labute approximate surface area is 166 Å². The summed E-state index contributed by atoms with van der Waals surface area (Å²) in [6, 6.07) is 18.9. The molecule has 2 aliphatic rings. The molecule has 3 atom stereocenters. The number of benzene rings is 2. The number of halogens is 1. The second-order valence-corrected chi connectivity index (χ2v) is 8.26. The lowest BCUT2D eigenvalue weighted by atomic mass is 9.75. The van der Waals surface area contributed by atoms with Gasteiger partial charge in [-0.15, -0.1) is 0 Å². The molecule has 0 bridgehead atoms. The quantitative estimate of drug-likeness (QED) is 0.687. The molecule has 0 saturated carbocycles. The van der Waals surface area contributed by atoms with Crippen molar-refractivity contribution < 1.29 is 9.53 Å². The Hall–Kier alpha value is -1.84. The predicted octanol–water partition coefficient (Wildman–Crippen LogP) is 5.14. The molecule has 0 N–H and O–H groups in total. The Balaban J connectivity index is 1.54. The first-order valence-corrected chi connectivity index (χ1v) is 10.2. The molecule has 3 nitrogen and oxygen atoms in total. The van der Waals surface area contributed by atoms with Crippen molar-refractivity contribution in [1.29, 1.82) is 0 Å². The first-order valence-electron chi connectivity index (χ1n) is 9.81. The van der Waals surface area contributed by atoms with Gasteiger partial charge in [-0.3, -0.25) is 9.69 Å². The van der Waals surface area contributed by atoms with Crippen LogP contribution in [-0.4, -0.2) is 30.0 Å². The standard InChI is InChI=1S/C23H26ClNO2/c1-17(26)27-23(19-7-3-2-4-8-19)13-14-25-16-18(11-12-20(25)15-23)21-9-5-6-10-22(21)24/h2-10,18,20H,11-16H2,1H3/t18-,20+,23-/m0/s1. The first-order chi connectivity index (χ1) is 13.1. The number of hydrogen-bond donors (Lipinski definition) is 0. The smallest absolute Gasteiger partial charge is 0.303 e. The number of fused-ring (bicyclic) bond motifs is 1. The largest absolute Gasteiger partial charge is 0.454 e. The van der Waals surface area contributed by atoms with E-state index < -0.39 is 5.60 Å². The number of piperidine rings is 2. The van der Waals surface area contributed by atoms with Crippen molar-refractivity contribution in [3.63, 3.8) is 0 Å². The molecule has 0 unspecified atom stereocenters. The molecular formula is C23H26ClNO2. The molecule has 0 amide bonds. The molecule has 2 saturated heterocycles. The fourth-order valence-corrected chi connectivity index (χ4v) is 5.19. The SMILES string of the molecule is CC(=O)O[C@@]1(c2ccccc2)CCN2C[C@@H](c3ccccc3Cl)CC[C@@H]2C1. The maximum absolute atomic E-state index is 11.9. The van der Waals surface area contributed by atoms with Gasteiger partial charge in [-0.1, -0.05) is 60.1 Å². The molecule has 2 aromatic rings. The molecule has 142 valence electrons. The molecule has 0 aromatic heterocycles. The van der Waals surface area contributed by atoms with Crippen LogP contribution in [0.3, 0.4) is 0 Å². The molecule has 2 aromatic carbocycles. The summed E-state index contributed by atoms with van der Waals surface area (Å²) >= 11 is 6.44. The van der Waals surface area contributed by atoms with Crippen LogP contribution in [0.1, 0.15) is 49.7 Å². The summed E-state index contributed by atoms with van der Waals surface area (Å²) < 4.78 is 5.96.